The number of aromatic nitrogens is 1. The zero-order valence-electron chi connectivity index (χ0n) is 10.4. The second-order valence-corrected chi connectivity index (χ2v) is 5.41. The van der Waals surface area contributed by atoms with Crippen molar-refractivity contribution in [2.45, 2.75) is 13.5 Å². The first-order valence-electron chi connectivity index (χ1n) is 5.99. The van der Waals surface area contributed by atoms with Crippen molar-refractivity contribution in [1.82, 2.24) is 5.16 Å². The molecule has 0 aliphatic carbocycles. The third kappa shape index (κ3) is 1.42. The Bertz CT molecular complexity index is 909. The first-order valence-corrected chi connectivity index (χ1v) is 6.78. The van der Waals surface area contributed by atoms with E-state index < -0.39 is 5.63 Å². The van der Waals surface area contributed by atoms with E-state index in [0.29, 0.717) is 33.7 Å². The lowest BCUT2D eigenvalue weighted by Crippen LogP contribution is -2.07. The van der Waals surface area contributed by atoms with Crippen LogP contribution < -0.4 is 10.4 Å². The largest absolute Gasteiger partial charge is 0.488 e. The van der Waals surface area contributed by atoms with E-state index in [2.05, 4.69) is 21.1 Å². The third-order valence-corrected chi connectivity index (χ3v) is 4.41. The minimum atomic E-state index is -0.418. The van der Waals surface area contributed by atoms with Crippen molar-refractivity contribution < 1.29 is 13.7 Å². The van der Waals surface area contributed by atoms with Crippen LogP contribution in [0.4, 0.5) is 0 Å². The predicted octanol–water partition coefficient (Wildman–Crippen LogP) is 3.41. The average molecular weight is 334 g/mol. The van der Waals surface area contributed by atoms with Crippen molar-refractivity contribution in [2.24, 2.45) is 0 Å². The maximum Gasteiger partial charge on any atom is 0.350 e. The molecule has 6 heteroatoms. The van der Waals surface area contributed by atoms with E-state index in [1.807, 2.05) is 19.1 Å². The van der Waals surface area contributed by atoms with Gasteiger partial charge in [-0.15, -0.1) is 0 Å². The molecule has 5 nitrogen and oxygen atoms in total. The van der Waals surface area contributed by atoms with Crippen LogP contribution in [0.1, 0.15) is 11.1 Å². The fourth-order valence-corrected chi connectivity index (χ4v) is 2.73. The summed E-state index contributed by atoms with van der Waals surface area (Å²) in [6.45, 7) is 2.26. The third-order valence-electron chi connectivity index (χ3n) is 3.49. The summed E-state index contributed by atoms with van der Waals surface area (Å²) < 4.78 is 16.5. The van der Waals surface area contributed by atoms with Crippen LogP contribution in [0.3, 0.4) is 0 Å². The monoisotopic (exact) mass is 333 g/mol. The number of hydrogen-bond acceptors (Lipinski definition) is 5. The van der Waals surface area contributed by atoms with Crippen molar-refractivity contribution in [1.29, 1.82) is 0 Å². The van der Waals surface area contributed by atoms with Crippen LogP contribution in [-0.2, 0) is 6.61 Å². The van der Waals surface area contributed by atoms with Gasteiger partial charge in [-0.05, 0) is 40.5 Å². The van der Waals surface area contributed by atoms with Gasteiger partial charge < -0.3 is 13.7 Å². The number of fused-ring (bicyclic) bond motifs is 5. The molecule has 0 saturated heterocycles. The fourth-order valence-electron chi connectivity index (χ4n) is 2.44. The van der Waals surface area contributed by atoms with Crippen LogP contribution in [0.25, 0.3) is 22.2 Å². The lowest BCUT2D eigenvalue weighted by molar-refractivity contribution is 0.301. The molecule has 100 valence electrons. The van der Waals surface area contributed by atoms with E-state index in [9.17, 15) is 4.79 Å². The highest BCUT2D eigenvalue weighted by Gasteiger charge is 2.26. The molecule has 3 aromatic rings. The van der Waals surface area contributed by atoms with Crippen LogP contribution in [-0.4, -0.2) is 5.16 Å². The summed E-state index contributed by atoms with van der Waals surface area (Å²) in [6.07, 6.45) is 1.54. The smallest absolute Gasteiger partial charge is 0.350 e. The van der Waals surface area contributed by atoms with E-state index in [1.54, 1.807) is 6.26 Å². The molecule has 0 bridgehead atoms. The molecule has 4 rings (SSSR count). The topological polar surface area (TPSA) is 65.5 Å². The first-order chi connectivity index (χ1) is 9.66. The highest BCUT2D eigenvalue weighted by Crippen LogP contribution is 2.42. The average Bonchev–Trinajstić information content (AvgIpc) is 2.92. The normalized spacial score (nSPS) is 12.9. The Kier molecular flexibility index (Phi) is 2.32. The highest BCUT2D eigenvalue weighted by molar-refractivity contribution is 9.10. The number of aryl methyl sites for hydroxylation is 1. The number of rotatable bonds is 0. The van der Waals surface area contributed by atoms with Gasteiger partial charge in [-0.1, -0.05) is 5.16 Å². The Morgan fingerprint density at radius 2 is 2.20 bits per heavy atom. The fraction of sp³-hybridized carbons (Fsp3) is 0.143. The molecule has 0 spiro atoms. The summed E-state index contributed by atoms with van der Waals surface area (Å²) in [7, 11) is 0. The lowest BCUT2D eigenvalue weighted by atomic mass is 10.0. The van der Waals surface area contributed by atoms with Gasteiger partial charge in [-0.2, -0.15) is 0 Å². The summed E-state index contributed by atoms with van der Waals surface area (Å²) in [4.78, 5) is 11.9. The van der Waals surface area contributed by atoms with Crippen LogP contribution in [0.15, 0.2) is 36.6 Å². The second-order valence-electron chi connectivity index (χ2n) is 4.62. The van der Waals surface area contributed by atoms with Crippen molar-refractivity contribution >= 4 is 26.9 Å². The Morgan fingerprint density at radius 1 is 1.35 bits per heavy atom. The predicted molar refractivity (Wildman–Crippen MR) is 74.8 cm³/mol. The minimum absolute atomic E-state index is 0.400. The van der Waals surface area contributed by atoms with Crippen LogP contribution in [0.2, 0.25) is 0 Å². The number of nitrogens with zero attached hydrogens (tertiary/aromatic N) is 1. The number of halogens is 1. The SMILES string of the molecule is Cc1c(Br)c(=O)oc2c3c(ccc12)OCc1conc1-3. The molecule has 3 heterocycles. The van der Waals surface area contributed by atoms with Crippen LogP contribution in [0.5, 0.6) is 5.75 Å². The highest BCUT2D eigenvalue weighted by atomic mass is 79.9. The van der Waals surface area contributed by atoms with Gasteiger partial charge in [-0.3, -0.25) is 0 Å². The number of benzene rings is 1. The zero-order valence-corrected chi connectivity index (χ0v) is 12.0. The van der Waals surface area contributed by atoms with E-state index in [-0.39, 0.29) is 0 Å². The molecular weight excluding hydrogens is 326 g/mol. The zero-order chi connectivity index (χ0) is 13.9. The molecule has 0 fully saturated rings. The molecule has 0 amide bonds. The van der Waals surface area contributed by atoms with Gasteiger partial charge in [0.15, 0.2) is 5.58 Å². The van der Waals surface area contributed by atoms with Crippen molar-refractivity contribution in [3.63, 3.8) is 0 Å². The number of hydrogen-bond donors (Lipinski definition) is 0. The van der Waals surface area contributed by atoms with Gasteiger partial charge in [0, 0.05) is 5.39 Å². The molecule has 0 saturated carbocycles. The molecule has 1 aliphatic rings. The van der Waals surface area contributed by atoms with Gasteiger partial charge in [0.2, 0.25) is 0 Å². The quantitative estimate of drug-likeness (QED) is 0.590. The molecule has 0 atom stereocenters. The van der Waals surface area contributed by atoms with Crippen molar-refractivity contribution in [2.75, 3.05) is 0 Å². The van der Waals surface area contributed by atoms with E-state index >= 15 is 0 Å². The van der Waals surface area contributed by atoms with Gasteiger partial charge in [0.05, 0.1) is 11.1 Å². The maximum atomic E-state index is 11.9. The van der Waals surface area contributed by atoms with Gasteiger partial charge in [-0.25, -0.2) is 4.79 Å². The summed E-state index contributed by atoms with van der Waals surface area (Å²) >= 11 is 3.25. The minimum Gasteiger partial charge on any atom is -0.488 e. The second kappa shape index (κ2) is 3.96. The summed E-state index contributed by atoms with van der Waals surface area (Å²) in [5.41, 5.74) is 3.07. The van der Waals surface area contributed by atoms with Crippen LogP contribution in [0, 0.1) is 6.92 Å². The summed E-state index contributed by atoms with van der Waals surface area (Å²) in [6, 6.07) is 3.73. The van der Waals surface area contributed by atoms with Gasteiger partial charge in [0.1, 0.15) is 28.8 Å². The molecule has 0 unspecified atom stereocenters. The number of ether oxygens (including phenoxy) is 1. The lowest BCUT2D eigenvalue weighted by Gasteiger charge is -2.17. The summed E-state index contributed by atoms with van der Waals surface area (Å²) in [5.74, 6) is 0.642. The van der Waals surface area contributed by atoms with Crippen molar-refractivity contribution in [3.05, 3.63) is 44.4 Å². The Labute approximate surface area is 121 Å². The molecule has 0 radical (unpaired) electrons. The van der Waals surface area contributed by atoms with Crippen LogP contribution >= 0.6 is 15.9 Å². The molecule has 2 aromatic heterocycles. The standard InChI is InChI=1S/C14H8BrNO4/c1-6-8-2-3-9-10(13(8)20-14(17)11(6)15)12-7(4-18-9)5-19-16-12/h2-3,5H,4H2,1H3. The molecule has 1 aliphatic heterocycles. The van der Waals surface area contributed by atoms with Gasteiger partial charge in [0.25, 0.3) is 0 Å². The Hall–Kier alpha value is -2.08. The molecule has 0 N–H and O–H groups in total. The summed E-state index contributed by atoms with van der Waals surface area (Å²) in [5, 5.41) is 4.84. The molecular formula is C14H8BrNO4. The van der Waals surface area contributed by atoms with Crippen molar-refractivity contribution in [3.8, 4) is 17.0 Å². The Balaban J connectivity index is 2.21. The molecule has 20 heavy (non-hydrogen) atoms. The molecule has 1 aromatic carbocycles. The maximum absolute atomic E-state index is 11.9. The Morgan fingerprint density at radius 3 is 3.05 bits per heavy atom. The first kappa shape index (κ1) is 11.7. The van der Waals surface area contributed by atoms with E-state index in [1.165, 1.54) is 0 Å². The van der Waals surface area contributed by atoms with E-state index in [0.717, 1.165) is 16.5 Å². The van der Waals surface area contributed by atoms with Gasteiger partial charge >= 0.3 is 5.63 Å². The van der Waals surface area contributed by atoms with E-state index in [4.69, 9.17) is 13.7 Å².